The molecule has 5 heteroatoms. The van der Waals surface area contributed by atoms with Gasteiger partial charge in [0, 0.05) is 43.6 Å². The van der Waals surface area contributed by atoms with Crippen LogP contribution < -0.4 is 5.32 Å². The normalized spacial score (nSPS) is 22.6. The highest BCUT2D eigenvalue weighted by Crippen LogP contribution is 2.19. The van der Waals surface area contributed by atoms with Gasteiger partial charge in [0.15, 0.2) is 0 Å². The van der Waals surface area contributed by atoms with Crippen LogP contribution in [0, 0.1) is 0 Å². The number of carbonyl (C=O) groups is 1. The number of nitrogens with one attached hydrogen (secondary N) is 1. The quantitative estimate of drug-likeness (QED) is 0.894. The fourth-order valence-electron chi connectivity index (χ4n) is 2.65. The lowest BCUT2D eigenvalue weighted by atomic mass is 10.2. The second-order valence-electron chi connectivity index (χ2n) is 5.85. The number of thiophene rings is 1. The Bertz CT molecular complexity index is 436. The number of hydrogen-bond acceptors (Lipinski definition) is 4. The van der Waals surface area contributed by atoms with E-state index in [4.69, 9.17) is 0 Å². The van der Waals surface area contributed by atoms with E-state index in [1.807, 2.05) is 18.3 Å². The predicted molar refractivity (Wildman–Crippen MR) is 81.8 cm³/mol. The lowest BCUT2D eigenvalue weighted by molar-refractivity contribution is -0.126. The summed E-state index contributed by atoms with van der Waals surface area (Å²) in [6, 6.07) is 4.79. The van der Waals surface area contributed by atoms with E-state index in [9.17, 15) is 4.79 Å². The van der Waals surface area contributed by atoms with Gasteiger partial charge in [0.1, 0.15) is 0 Å². The van der Waals surface area contributed by atoms with Gasteiger partial charge in [-0.05, 0) is 31.2 Å². The number of nitrogens with zero attached hydrogens (tertiary/aromatic N) is 2. The van der Waals surface area contributed by atoms with Crippen molar-refractivity contribution >= 4 is 17.2 Å². The van der Waals surface area contributed by atoms with Crippen LogP contribution in [0.15, 0.2) is 17.5 Å². The Balaban J connectivity index is 1.44. The summed E-state index contributed by atoms with van der Waals surface area (Å²) < 4.78 is 0. The van der Waals surface area contributed by atoms with Crippen LogP contribution in [0.2, 0.25) is 0 Å². The van der Waals surface area contributed by atoms with Gasteiger partial charge in [-0.25, -0.2) is 0 Å². The summed E-state index contributed by atoms with van der Waals surface area (Å²) in [6.07, 6.45) is 2.32. The van der Waals surface area contributed by atoms with Crippen molar-refractivity contribution in [2.75, 3.05) is 26.2 Å². The van der Waals surface area contributed by atoms with Crippen LogP contribution >= 0.6 is 11.3 Å². The van der Waals surface area contributed by atoms with Gasteiger partial charge in [-0.2, -0.15) is 0 Å². The molecule has 0 radical (unpaired) electrons. The molecule has 1 saturated heterocycles. The van der Waals surface area contributed by atoms with Gasteiger partial charge in [-0.15, -0.1) is 11.3 Å². The average molecular weight is 293 g/mol. The van der Waals surface area contributed by atoms with E-state index in [1.165, 1.54) is 4.88 Å². The molecule has 1 aromatic heterocycles. The molecule has 1 amide bonds. The van der Waals surface area contributed by atoms with Crippen LogP contribution in [-0.2, 0) is 11.3 Å². The average Bonchev–Trinajstić information content (AvgIpc) is 3.12. The van der Waals surface area contributed by atoms with Crippen molar-refractivity contribution < 1.29 is 4.79 Å². The van der Waals surface area contributed by atoms with Gasteiger partial charge in [0.05, 0.1) is 6.04 Å². The molecular formula is C15H23N3OS. The second kappa shape index (κ2) is 6.24. The maximum atomic E-state index is 12.1. The predicted octanol–water partition coefficient (Wildman–Crippen LogP) is 1.53. The van der Waals surface area contributed by atoms with E-state index < -0.39 is 0 Å². The Morgan fingerprint density at radius 3 is 2.75 bits per heavy atom. The Kier molecular flexibility index (Phi) is 4.38. The highest BCUT2D eigenvalue weighted by atomic mass is 32.1. The fraction of sp³-hybridized carbons (Fsp3) is 0.667. The molecule has 110 valence electrons. The van der Waals surface area contributed by atoms with E-state index >= 15 is 0 Å². The largest absolute Gasteiger partial charge is 0.352 e. The van der Waals surface area contributed by atoms with Crippen LogP contribution in [0.4, 0.5) is 0 Å². The van der Waals surface area contributed by atoms with Crippen molar-refractivity contribution in [3.63, 3.8) is 0 Å². The number of carbonyl (C=O) groups excluding carboxylic acids is 1. The molecule has 0 bridgehead atoms. The molecule has 20 heavy (non-hydrogen) atoms. The first-order chi connectivity index (χ1) is 9.72. The lowest BCUT2D eigenvalue weighted by Crippen LogP contribution is -2.53. The summed E-state index contributed by atoms with van der Waals surface area (Å²) in [5.41, 5.74) is 0. The first-order valence-electron chi connectivity index (χ1n) is 7.51. The van der Waals surface area contributed by atoms with Crippen molar-refractivity contribution in [3.8, 4) is 0 Å². The van der Waals surface area contributed by atoms with Gasteiger partial charge in [0.25, 0.3) is 0 Å². The van der Waals surface area contributed by atoms with Crippen molar-refractivity contribution in [2.45, 2.75) is 38.4 Å². The zero-order valence-electron chi connectivity index (χ0n) is 12.0. The summed E-state index contributed by atoms with van der Waals surface area (Å²) in [7, 11) is 0. The van der Waals surface area contributed by atoms with E-state index in [-0.39, 0.29) is 11.9 Å². The first-order valence-corrected chi connectivity index (χ1v) is 8.39. The molecule has 1 aromatic rings. The maximum Gasteiger partial charge on any atom is 0.237 e. The van der Waals surface area contributed by atoms with Crippen LogP contribution in [0.1, 0.15) is 24.6 Å². The molecule has 1 saturated carbocycles. The summed E-state index contributed by atoms with van der Waals surface area (Å²) in [6.45, 7) is 7.17. The molecule has 1 aliphatic carbocycles. The molecule has 0 aromatic carbocycles. The molecule has 1 aliphatic heterocycles. The molecule has 2 fully saturated rings. The van der Waals surface area contributed by atoms with Gasteiger partial charge >= 0.3 is 0 Å². The van der Waals surface area contributed by atoms with Crippen LogP contribution in [0.5, 0.6) is 0 Å². The molecule has 0 spiro atoms. The third kappa shape index (κ3) is 3.59. The lowest BCUT2D eigenvalue weighted by Gasteiger charge is -2.37. The highest BCUT2D eigenvalue weighted by Gasteiger charge is 2.29. The van der Waals surface area contributed by atoms with E-state index in [2.05, 4.69) is 32.6 Å². The van der Waals surface area contributed by atoms with Crippen LogP contribution in [-0.4, -0.2) is 54.0 Å². The number of amides is 1. The third-order valence-corrected chi connectivity index (χ3v) is 5.08. The molecule has 4 nitrogen and oxygen atoms in total. The van der Waals surface area contributed by atoms with E-state index in [1.54, 1.807) is 0 Å². The number of piperazine rings is 1. The van der Waals surface area contributed by atoms with Crippen molar-refractivity contribution in [1.82, 2.24) is 15.1 Å². The van der Waals surface area contributed by atoms with Crippen molar-refractivity contribution in [3.05, 3.63) is 22.4 Å². The maximum absolute atomic E-state index is 12.1. The summed E-state index contributed by atoms with van der Waals surface area (Å²) in [4.78, 5) is 18.3. The molecule has 2 heterocycles. The third-order valence-electron chi connectivity index (χ3n) is 4.22. The Morgan fingerprint density at radius 2 is 2.15 bits per heavy atom. The molecule has 2 aliphatic rings. The van der Waals surface area contributed by atoms with Crippen molar-refractivity contribution in [2.24, 2.45) is 0 Å². The molecule has 0 unspecified atom stereocenters. The highest BCUT2D eigenvalue weighted by molar-refractivity contribution is 7.09. The molecule has 1 N–H and O–H groups in total. The fourth-order valence-corrected chi connectivity index (χ4v) is 3.39. The minimum absolute atomic E-state index is 0.0134. The first kappa shape index (κ1) is 14.0. The van der Waals surface area contributed by atoms with Gasteiger partial charge in [-0.3, -0.25) is 14.6 Å². The minimum atomic E-state index is 0.0134. The zero-order chi connectivity index (χ0) is 13.9. The summed E-state index contributed by atoms with van der Waals surface area (Å²) >= 11 is 1.82. The smallest absolute Gasteiger partial charge is 0.237 e. The molecule has 3 rings (SSSR count). The van der Waals surface area contributed by atoms with Crippen LogP contribution in [0.3, 0.4) is 0 Å². The SMILES string of the molecule is C[C@H](C(=O)NC1CC1)N1CCN(Cc2cccs2)CC1. The minimum Gasteiger partial charge on any atom is -0.352 e. The summed E-state index contributed by atoms with van der Waals surface area (Å²) in [5, 5.41) is 5.24. The number of rotatable bonds is 5. The van der Waals surface area contributed by atoms with E-state index in [0.29, 0.717) is 6.04 Å². The van der Waals surface area contributed by atoms with E-state index in [0.717, 1.165) is 45.6 Å². The van der Waals surface area contributed by atoms with Crippen LogP contribution in [0.25, 0.3) is 0 Å². The van der Waals surface area contributed by atoms with Gasteiger partial charge in [0.2, 0.25) is 5.91 Å². The topological polar surface area (TPSA) is 35.6 Å². The Labute approximate surface area is 124 Å². The Morgan fingerprint density at radius 1 is 1.40 bits per heavy atom. The van der Waals surface area contributed by atoms with Crippen molar-refractivity contribution in [1.29, 1.82) is 0 Å². The Hall–Kier alpha value is -0.910. The molecule has 1 atom stereocenters. The van der Waals surface area contributed by atoms with Gasteiger partial charge in [-0.1, -0.05) is 6.07 Å². The van der Waals surface area contributed by atoms with Gasteiger partial charge < -0.3 is 5.32 Å². The summed E-state index contributed by atoms with van der Waals surface area (Å²) in [5.74, 6) is 0.208. The molecular weight excluding hydrogens is 270 g/mol. The second-order valence-corrected chi connectivity index (χ2v) is 6.88. The monoisotopic (exact) mass is 293 g/mol. The standard InChI is InChI=1S/C15H23N3OS/c1-12(15(19)16-13-4-5-13)18-8-6-17(7-9-18)11-14-3-2-10-20-14/h2-3,10,12-13H,4-9,11H2,1H3,(H,16,19)/t12-/m1/s1. The zero-order valence-corrected chi connectivity index (χ0v) is 12.9. The number of hydrogen-bond donors (Lipinski definition) is 1.